The second-order valence-corrected chi connectivity index (χ2v) is 7.62. The molecule has 102 valence electrons. The largest absolute Gasteiger partial charge is 0.241 e. The molecule has 0 saturated carbocycles. The van der Waals surface area contributed by atoms with E-state index in [9.17, 15) is 8.42 Å². The first-order chi connectivity index (χ1) is 8.81. The standard InChI is InChI=1S/C14H16BrNO2S/c1-11-4-3-9-14(2,10-11)16-19(17,18)13-7-5-12(15)6-8-13/h3-9,16H,10H2,1-2H3. The SMILES string of the molecule is CC1=CC=CC(C)(NS(=O)(=O)c2ccc(Br)cc2)C1. The Bertz CT molecular complexity index is 632. The van der Waals surface area contributed by atoms with Crippen molar-refractivity contribution in [2.45, 2.75) is 30.7 Å². The van der Waals surface area contributed by atoms with Gasteiger partial charge in [0, 0.05) is 4.47 Å². The minimum Gasteiger partial charge on any atom is -0.207 e. The molecule has 5 heteroatoms. The Labute approximate surface area is 122 Å². The van der Waals surface area contributed by atoms with Crippen LogP contribution in [0.4, 0.5) is 0 Å². The number of sulfonamides is 1. The average molecular weight is 342 g/mol. The van der Waals surface area contributed by atoms with Crippen molar-refractivity contribution in [2.75, 3.05) is 0 Å². The molecule has 1 N–H and O–H groups in total. The summed E-state index contributed by atoms with van der Waals surface area (Å²) in [6.07, 6.45) is 6.45. The molecule has 1 aliphatic rings. The lowest BCUT2D eigenvalue weighted by Crippen LogP contribution is -2.45. The molecule has 0 spiro atoms. The van der Waals surface area contributed by atoms with E-state index in [2.05, 4.69) is 20.7 Å². The number of hydrogen-bond donors (Lipinski definition) is 1. The van der Waals surface area contributed by atoms with Crippen LogP contribution in [0.2, 0.25) is 0 Å². The summed E-state index contributed by atoms with van der Waals surface area (Å²) in [5.74, 6) is 0. The Morgan fingerprint density at radius 3 is 2.47 bits per heavy atom. The third-order valence-corrected chi connectivity index (χ3v) is 5.14. The molecular weight excluding hydrogens is 326 g/mol. The molecule has 1 aromatic carbocycles. The van der Waals surface area contributed by atoms with Crippen LogP contribution in [0, 0.1) is 0 Å². The highest BCUT2D eigenvalue weighted by Gasteiger charge is 2.29. The van der Waals surface area contributed by atoms with Gasteiger partial charge < -0.3 is 0 Å². The van der Waals surface area contributed by atoms with E-state index in [1.54, 1.807) is 24.3 Å². The summed E-state index contributed by atoms with van der Waals surface area (Å²) in [5, 5.41) is 0. The fourth-order valence-corrected chi connectivity index (χ4v) is 3.80. The molecular formula is C14H16BrNO2S. The lowest BCUT2D eigenvalue weighted by Gasteiger charge is -2.29. The summed E-state index contributed by atoms with van der Waals surface area (Å²) in [6.45, 7) is 3.88. The number of rotatable bonds is 3. The Morgan fingerprint density at radius 2 is 1.89 bits per heavy atom. The van der Waals surface area contributed by atoms with Gasteiger partial charge in [0.25, 0.3) is 0 Å². The maximum Gasteiger partial charge on any atom is 0.241 e. The van der Waals surface area contributed by atoms with Crippen molar-refractivity contribution in [1.82, 2.24) is 4.72 Å². The van der Waals surface area contributed by atoms with Gasteiger partial charge in [-0.05, 0) is 44.5 Å². The van der Waals surface area contributed by atoms with Gasteiger partial charge in [-0.2, -0.15) is 0 Å². The first-order valence-electron chi connectivity index (χ1n) is 5.95. The molecule has 0 aromatic heterocycles. The van der Waals surface area contributed by atoms with Crippen LogP contribution in [-0.2, 0) is 10.0 Å². The molecule has 19 heavy (non-hydrogen) atoms. The van der Waals surface area contributed by atoms with Gasteiger partial charge in [0.1, 0.15) is 0 Å². The van der Waals surface area contributed by atoms with Crippen LogP contribution < -0.4 is 4.72 Å². The van der Waals surface area contributed by atoms with Gasteiger partial charge in [-0.25, -0.2) is 13.1 Å². The van der Waals surface area contributed by atoms with Gasteiger partial charge in [0.2, 0.25) is 10.0 Å². The second-order valence-electron chi connectivity index (χ2n) is 5.03. The molecule has 2 rings (SSSR count). The van der Waals surface area contributed by atoms with Gasteiger partial charge in [-0.3, -0.25) is 0 Å². The van der Waals surface area contributed by atoms with Crippen LogP contribution in [-0.4, -0.2) is 14.0 Å². The lowest BCUT2D eigenvalue weighted by molar-refractivity contribution is 0.491. The fourth-order valence-electron chi connectivity index (χ4n) is 2.17. The summed E-state index contributed by atoms with van der Waals surface area (Å²) in [7, 11) is -3.51. The smallest absolute Gasteiger partial charge is 0.207 e. The summed E-state index contributed by atoms with van der Waals surface area (Å²) in [6, 6.07) is 6.62. The number of hydrogen-bond acceptors (Lipinski definition) is 2. The van der Waals surface area contributed by atoms with E-state index in [0.717, 1.165) is 10.0 Å². The van der Waals surface area contributed by atoms with Crippen molar-refractivity contribution in [1.29, 1.82) is 0 Å². The molecule has 1 unspecified atom stereocenters. The molecule has 0 saturated heterocycles. The summed E-state index contributed by atoms with van der Waals surface area (Å²) in [4.78, 5) is 0.275. The normalized spacial score (nSPS) is 23.2. The van der Waals surface area contributed by atoms with Gasteiger partial charge in [-0.1, -0.05) is 39.7 Å². The molecule has 0 fully saturated rings. The zero-order valence-corrected chi connectivity index (χ0v) is 13.3. The van der Waals surface area contributed by atoms with Gasteiger partial charge in [-0.15, -0.1) is 0 Å². The van der Waals surface area contributed by atoms with E-state index in [-0.39, 0.29) is 4.90 Å². The molecule has 1 aliphatic carbocycles. The van der Waals surface area contributed by atoms with E-state index in [1.165, 1.54) is 0 Å². The van der Waals surface area contributed by atoms with E-state index in [4.69, 9.17) is 0 Å². The van der Waals surface area contributed by atoms with Crippen molar-refractivity contribution in [2.24, 2.45) is 0 Å². The topological polar surface area (TPSA) is 46.2 Å². The summed E-state index contributed by atoms with van der Waals surface area (Å²) in [5.41, 5.74) is 0.591. The third-order valence-electron chi connectivity index (χ3n) is 2.98. The fraction of sp³-hybridized carbons (Fsp3) is 0.286. The average Bonchev–Trinajstić information content (AvgIpc) is 2.27. The maximum absolute atomic E-state index is 12.3. The van der Waals surface area contributed by atoms with Crippen molar-refractivity contribution in [3.05, 3.63) is 52.5 Å². The van der Waals surface area contributed by atoms with Crippen LogP contribution in [0.15, 0.2) is 57.4 Å². The molecule has 1 atom stereocenters. The zero-order valence-electron chi connectivity index (χ0n) is 10.9. The van der Waals surface area contributed by atoms with Gasteiger partial charge in [0.15, 0.2) is 0 Å². The number of allylic oxidation sites excluding steroid dienone is 2. The molecule has 0 aliphatic heterocycles. The number of benzene rings is 1. The second kappa shape index (κ2) is 5.23. The highest BCUT2D eigenvalue weighted by Crippen LogP contribution is 2.25. The molecule has 0 bridgehead atoms. The van der Waals surface area contributed by atoms with Crippen molar-refractivity contribution in [3.8, 4) is 0 Å². The van der Waals surface area contributed by atoms with Crippen LogP contribution in [0.1, 0.15) is 20.3 Å². The molecule has 0 heterocycles. The van der Waals surface area contributed by atoms with E-state index >= 15 is 0 Å². The minimum absolute atomic E-state index is 0.275. The monoisotopic (exact) mass is 341 g/mol. The maximum atomic E-state index is 12.3. The van der Waals surface area contributed by atoms with Crippen LogP contribution in [0.3, 0.4) is 0 Å². The van der Waals surface area contributed by atoms with E-state index in [0.29, 0.717) is 6.42 Å². The molecule has 0 radical (unpaired) electrons. The summed E-state index contributed by atoms with van der Waals surface area (Å²) < 4.78 is 28.3. The quantitative estimate of drug-likeness (QED) is 0.915. The highest BCUT2D eigenvalue weighted by atomic mass is 79.9. The van der Waals surface area contributed by atoms with Crippen LogP contribution in [0.25, 0.3) is 0 Å². The minimum atomic E-state index is -3.51. The van der Waals surface area contributed by atoms with Gasteiger partial charge in [0.05, 0.1) is 10.4 Å². The highest BCUT2D eigenvalue weighted by molar-refractivity contribution is 9.10. The predicted molar refractivity (Wildman–Crippen MR) is 80.4 cm³/mol. The Morgan fingerprint density at radius 1 is 1.26 bits per heavy atom. The van der Waals surface area contributed by atoms with Crippen molar-refractivity contribution >= 4 is 26.0 Å². The third kappa shape index (κ3) is 3.55. The molecule has 0 amide bonds. The Kier molecular flexibility index (Phi) is 3.99. The first-order valence-corrected chi connectivity index (χ1v) is 8.23. The molecule has 1 aromatic rings. The van der Waals surface area contributed by atoms with Crippen molar-refractivity contribution < 1.29 is 8.42 Å². The lowest BCUT2D eigenvalue weighted by atomic mass is 9.90. The number of halogens is 1. The van der Waals surface area contributed by atoms with Crippen LogP contribution in [0.5, 0.6) is 0 Å². The summed E-state index contributed by atoms with van der Waals surface area (Å²) >= 11 is 3.30. The zero-order chi connectivity index (χ0) is 14.1. The van der Waals surface area contributed by atoms with E-state index in [1.807, 2.05) is 32.1 Å². The van der Waals surface area contributed by atoms with Crippen molar-refractivity contribution in [3.63, 3.8) is 0 Å². The Balaban J connectivity index is 2.25. The first kappa shape index (κ1) is 14.5. The number of nitrogens with one attached hydrogen (secondary N) is 1. The Hall–Kier alpha value is -0.910. The van der Waals surface area contributed by atoms with Crippen LogP contribution >= 0.6 is 15.9 Å². The van der Waals surface area contributed by atoms with Gasteiger partial charge >= 0.3 is 0 Å². The molecule has 3 nitrogen and oxygen atoms in total. The van der Waals surface area contributed by atoms with E-state index < -0.39 is 15.6 Å². The predicted octanol–water partition coefficient (Wildman–Crippen LogP) is 3.39.